The molecule has 0 bridgehead atoms. The van der Waals surface area contributed by atoms with Gasteiger partial charge in [0.1, 0.15) is 5.69 Å². The zero-order chi connectivity index (χ0) is 15.9. The van der Waals surface area contributed by atoms with Crippen molar-refractivity contribution in [2.24, 2.45) is 0 Å². The number of amides is 1. The number of hydrogen-bond acceptors (Lipinski definition) is 3. The summed E-state index contributed by atoms with van der Waals surface area (Å²) in [6.45, 7) is 6.81. The van der Waals surface area contributed by atoms with Gasteiger partial charge in [0, 0.05) is 24.5 Å². The largest absolute Gasteiger partial charge is 0.381 e. The number of carbonyl (C=O) groups is 1. The van der Waals surface area contributed by atoms with E-state index in [2.05, 4.69) is 46.8 Å². The lowest BCUT2D eigenvalue weighted by Crippen LogP contribution is -2.32. The second-order valence-corrected chi connectivity index (χ2v) is 5.55. The average molecular weight is 297 g/mol. The van der Waals surface area contributed by atoms with Gasteiger partial charge in [-0.3, -0.25) is 9.78 Å². The normalized spacial score (nSPS) is 11.8. The zero-order valence-electron chi connectivity index (χ0n) is 13.4. The van der Waals surface area contributed by atoms with Crippen LogP contribution in [0.3, 0.4) is 0 Å². The minimum Gasteiger partial charge on any atom is -0.381 e. The van der Waals surface area contributed by atoms with E-state index in [4.69, 9.17) is 0 Å². The molecule has 0 aliphatic rings. The Kier molecular flexibility index (Phi) is 5.53. The molecule has 1 unspecified atom stereocenters. The number of pyridine rings is 1. The Morgan fingerprint density at radius 2 is 1.95 bits per heavy atom. The Morgan fingerprint density at radius 3 is 2.64 bits per heavy atom. The molecule has 4 nitrogen and oxygen atoms in total. The van der Waals surface area contributed by atoms with Gasteiger partial charge in [0.05, 0.1) is 0 Å². The van der Waals surface area contributed by atoms with E-state index < -0.39 is 0 Å². The molecule has 0 saturated carbocycles. The third-order valence-corrected chi connectivity index (χ3v) is 3.60. The van der Waals surface area contributed by atoms with E-state index in [-0.39, 0.29) is 11.9 Å². The summed E-state index contributed by atoms with van der Waals surface area (Å²) in [4.78, 5) is 16.2. The van der Waals surface area contributed by atoms with Crippen LogP contribution < -0.4 is 10.6 Å². The van der Waals surface area contributed by atoms with E-state index in [1.807, 2.05) is 19.9 Å². The predicted octanol–water partition coefficient (Wildman–Crippen LogP) is 3.53. The zero-order valence-corrected chi connectivity index (χ0v) is 13.4. The summed E-state index contributed by atoms with van der Waals surface area (Å²) < 4.78 is 0. The minimum absolute atomic E-state index is 0.131. The van der Waals surface area contributed by atoms with Gasteiger partial charge in [0.25, 0.3) is 5.91 Å². The van der Waals surface area contributed by atoms with Gasteiger partial charge in [-0.1, -0.05) is 36.8 Å². The molecule has 1 aromatic carbocycles. The van der Waals surface area contributed by atoms with Crippen molar-refractivity contribution in [2.75, 3.05) is 5.32 Å². The Hall–Kier alpha value is -2.36. The highest BCUT2D eigenvalue weighted by Crippen LogP contribution is 2.11. The molecule has 22 heavy (non-hydrogen) atoms. The second kappa shape index (κ2) is 7.59. The number of rotatable bonds is 6. The lowest BCUT2D eigenvalue weighted by Gasteiger charge is -2.12. The smallest absolute Gasteiger partial charge is 0.270 e. The standard InChI is InChI=1S/C18H23N3O/c1-4-14(3)21-18(22)17-11-16(9-10-19-17)20-12-15-7-5-13(2)6-8-15/h5-11,14H,4,12H2,1-3H3,(H,19,20)(H,21,22). The number of anilines is 1. The summed E-state index contributed by atoms with van der Waals surface area (Å²) in [5.41, 5.74) is 3.78. The first-order chi connectivity index (χ1) is 10.6. The minimum atomic E-state index is -0.131. The summed E-state index contributed by atoms with van der Waals surface area (Å²) in [5.74, 6) is -0.131. The Balaban J connectivity index is 1.99. The molecule has 1 atom stereocenters. The van der Waals surface area contributed by atoms with E-state index >= 15 is 0 Å². The molecule has 0 radical (unpaired) electrons. The number of aromatic nitrogens is 1. The molecular weight excluding hydrogens is 274 g/mol. The Labute approximate surface area is 132 Å². The average Bonchev–Trinajstić information content (AvgIpc) is 2.54. The topological polar surface area (TPSA) is 54.0 Å². The van der Waals surface area contributed by atoms with Crippen molar-refractivity contribution >= 4 is 11.6 Å². The molecule has 0 aliphatic heterocycles. The number of aryl methyl sites for hydroxylation is 1. The molecule has 2 aromatic rings. The van der Waals surface area contributed by atoms with Crippen LogP contribution in [0.4, 0.5) is 5.69 Å². The lowest BCUT2D eigenvalue weighted by atomic mass is 10.1. The van der Waals surface area contributed by atoms with Crippen LogP contribution in [0, 0.1) is 6.92 Å². The van der Waals surface area contributed by atoms with Crippen LogP contribution >= 0.6 is 0 Å². The first-order valence-corrected chi connectivity index (χ1v) is 7.65. The molecular formula is C18H23N3O. The van der Waals surface area contributed by atoms with Crippen molar-refractivity contribution < 1.29 is 4.79 Å². The molecule has 2 N–H and O–H groups in total. The number of benzene rings is 1. The number of nitrogens with one attached hydrogen (secondary N) is 2. The molecule has 1 aromatic heterocycles. The molecule has 0 spiro atoms. The summed E-state index contributed by atoms with van der Waals surface area (Å²) in [6.07, 6.45) is 2.56. The van der Waals surface area contributed by atoms with E-state index in [1.54, 1.807) is 12.3 Å². The third-order valence-electron chi connectivity index (χ3n) is 3.60. The van der Waals surface area contributed by atoms with E-state index in [9.17, 15) is 4.79 Å². The predicted molar refractivity (Wildman–Crippen MR) is 90.0 cm³/mol. The number of hydrogen-bond donors (Lipinski definition) is 2. The van der Waals surface area contributed by atoms with Crippen molar-refractivity contribution in [2.45, 2.75) is 39.8 Å². The van der Waals surface area contributed by atoms with Crippen LogP contribution in [0.5, 0.6) is 0 Å². The van der Waals surface area contributed by atoms with Gasteiger partial charge in [0.2, 0.25) is 0 Å². The molecule has 0 saturated heterocycles. The Morgan fingerprint density at radius 1 is 1.23 bits per heavy atom. The number of carbonyl (C=O) groups excluding carboxylic acids is 1. The fourth-order valence-electron chi connectivity index (χ4n) is 1.97. The molecule has 2 rings (SSSR count). The maximum atomic E-state index is 12.1. The third kappa shape index (κ3) is 4.58. The monoisotopic (exact) mass is 297 g/mol. The van der Waals surface area contributed by atoms with Crippen molar-refractivity contribution in [1.29, 1.82) is 0 Å². The van der Waals surface area contributed by atoms with Crippen LogP contribution in [0.25, 0.3) is 0 Å². The first-order valence-electron chi connectivity index (χ1n) is 7.65. The molecule has 0 fully saturated rings. The van der Waals surface area contributed by atoms with Crippen LogP contribution in [-0.2, 0) is 6.54 Å². The molecule has 116 valence electrons. The van der Waals surface area contributed by atoms with Crippen molar-refractivity contribution in [3.05, 3.63) is 59.4 Å². The second-order valence-electron chi connectivity index (χ2n) is 5.55. The lowest BCUT2D eigenvalue weighted by molar-refractivity contribution is 0.0934. The number of nitrogens with zero attached hydrogens (tertiary/aromatic N) is 1. The van der Waals surface area contributed by atoms with E-state index in [0.29, 0.717) is 5.69 Å². The highest BCUT2D eigenvalue weighted by atomic mass is 16.1. The van der Waals surface area contributed by atoms with Gasteiger partial charge in [-0.2, -0.15) is 0 Å². The van der Waals surface area contributed by atoms with E-state index in [1.165, 1.54) is 11.1 Å². The van der Waals surface area contributed by atoms with Gasteiger partial charge in [-0.15, -0.1) is 0 Å². The van der Waals surface area contributed by atoms with Crippen LogP contribution in [0.2, 0.25) is 0 Å². The van der Waals surface area contributed by atoms with Gasteiger partial charge in [-0.05, 0) is 38.0 Å². The van der Waals surface area contributed by atoms with Gasteiger partial charge < -0.3 is 10.6 Å². The van der Waals surface area contributed by atoms with Crippen molar-refractivity contribution in [3.63, 3.8) is 0 Å². The maximum absolute atomic E-state index is 12.1. The van der Waals surface area contributed by atoms with Crippen LogP contribution in [-0.4, -0.2) is 16.9 Å². The van der Waals surface area contributed by atoms with Gasteiger partial charge >= 0.3 is 0 Å². The molecule has 0 aliphatic carbocycles. The summed E-state index contributed by atoms with van der Waals surface area (Å²) in [5, 5.41) is 6.25. The SMILES string of the molecule is CCC(C)NC(=O)c1cc(NCc2ccc(C)cc2)ccn1. The van der Waals surface area contributed by atoms with Crippen molar-refractivity contribution in [1.82, 2.24) is 10.3 Å². The summed E-state index contributed by atoms with van der Waals surface area (Å²) in [7, 11) is 0. The van der Waals surface area contributed by atoms with Gasteiger partial charge in [-0.25, -0.2) is 0 Å². The van der Waals surface area contributed by atoms with Crippen molar-refractivity contribution in [3.8, 4) is 0 Å². The summed E-state index contributed by atoms with van der Waals surface area (Å²) in [6, 6.07) is 12.2. The van der Waals surface area contributed by atoms with Gasteiger partial charge in [0.15, 0.2) is 0 Å². The van der Waals surface area contributed by atoms with E-state index in [0.717, 1.165) is 18.7 Å². The fraction of sp³-hybridized carbons (Fsp3) is 0.333. The Bertz CT molecular complexity index is 622. The van der Waals surface area contributed by atoms with Crippen LogP contribution in [0.15, 0.2) is 42.6 Å². The first kappa shape index (κ1) is 16.0. The fourth-order valence-corrected chi connectivity index (χ4v) is 1.97. The summed E-state index contributed by atoms with van der Waals surface area (Å²) >= 11 is 0. The highest BCUT2D eigenvalue weighted by Gasteiger charge is 2.10. The highest BCUT2D eigenvalue weighted by molar-refractivity contribution is 5.93. The maximum Gasteiger partial charge on any atom is 0.270 e. The van der Waals surface area contributed by atoms with Crippen LogP contribution in [0.1, 0.15) is 41.9 Å². The quantitative estimate of drug-likeness (QED) is 0.857. The molecule has 4 heteroatoms. The molecule has 1 heterocycles. The molecule has 1 amide bonds.